The number of amides is 2. The molecule has 1 unspecified atom stereocenters. The molecule has 0 spiro atoms. The van der Waals surface area contributed by atoms with Gasteiger partial charge in [-0.3, -0.25) is 19.6 Å². The number of rotatable bonds is 6. The third-order valence-electron chi connectivity index (χ3n) is 5.37. The van der Waals surface area contributed by atoms with Crippen LogP contribution in [0.3, 0.4) is 0 Å². The number of hydrogen-bond donors (Lipinski definition) is 4. The summed E-state index contributed by atoms with van der Waals surface area (Å²) in [6.45, 7) is 1.93. The fraction of sp³-hybridized carbons (Fsp3) is 0.208. The molecule has 7 heteroatoms. The number of carboxylic acid groups (broad SMARTS) is 1. The number of aliphatic carboxylic acids is 1. The van der Waals surface area contributed by atoms with Gasteiger partial charge in [0.2, 0.25) is 11.8 Å². The summed E-state index contributed by atoms with van der Waals surface area (Å²) >= 11 is 0. The van der Waals surface area contributed by atoms with Gasteiger partial charge >= 0.3 is 5.97 Å². The molecule has 0 saturated heterocycles. The summed E-state index contributed by atoms with van der Waals surface area (Å²) in [5, 5.41) is 24.5. The molecule has 0 heterocycles. The molecule has 0 radical (unpaired) electrons. The first-order valence-electron chi connectivity index (χ1n) is 9.97. The quantitative estimate of drug-likeness (QED) is 0.213. The molecule has 0 aliphatic rings. The van der Waals surface area contributed by atoms with Crippen LogP contribution in [0.2, 0.25) is 0 Å². The fourth-order valence-corrected chi connectivity index (χ4v) is 3.88. The molecule has 0 bridgehead atoms. The number of benzene rings is 4. The minimum Gasteiger partial charge on any atom is -0.481 e. The Morgan fingerprint density at radius 2 is 1.48 bits per heavy atom. The van der Waals surface area contributed by atoms with Gasteiger partial charge in [0, 0.05) is 12.8 Å². The fourth-order valence-electron chi connectivity index (χ4n) is 3.88. The third-order valence-corrected chi connectivity index (χ3v) is 5.37. The highest BCUT2D eigenvalue weighted by Crippen LogP contribution is 2.38. The number of hydrogen-bond acceptors (Lipinski definition) is 4. The van der Waals surface area contributed by atoms with Crippen molar-refractivity contribution in [2.75, 3.05) is 0 Å². The molecule has 0 aliphatic heterocycles. The molecule has 0 aliphatic carbocycles. The van der Waals surface area contributed by atoms with Crippen LogP contribution in [0.5, 0.6) is 0 Å². The highest BCUT2D eigenvalue weighted by atomic mass is 16.5. The van der Waals surface area contributed by atoms with E-state index in [0.29, 0.717) is 6.42 Å². The lowest BCUT2D eigenvalue weighted by atomic mass is 9.87. The van der Waals surface area contributed by atoms with E-state index in [4.69, 9.17) is 10.9 Å². The number of nitrogens with one attached hydrogen (secondary N) is 1. The highest BCUT2D eigenvalue weighted by molar-refractivity contribution is 6.23. The summed E-state index contributed by atoms with van der Waals surface area (Å²) in [5.41, 5.74) is 6.99. The van der Waals surface area contributed by atoms with E-state index in [9.17, 15) is 19.5 Å². The van der Waals surface area contributed by atoms with E-state index in [0.717, 1.165) is 10.9 Å². The Labute approximate surface area is 178 Å². The number of primary amides is 1. The zero-order valence-electron chi connectivity index (χ0n) is 17.1. The largest absolute Gasteiger partial charge is 0.481 e. The lowest BCUT2D eigenvalue weighted by molar-refractivity contribution is -0.138. The second kappa shape index (κ2) is 9.40. The first kappa shape index (κ1) is 22.0. The van der Waals surface area contributed by atoms with Gasteiger partial charge in [-0.1, -0.05) is 61.5 Å². The average Bonchev–Trinajstić information content (AvgIpc) is 2.77. The Bertz CT molecular complexity index is 1240. The third kappa shape index (κ3) is 4.57. The lowest BCUT2D eigenvalue weighted by Crippen LogP contribution is -2.21. The van der Waals surface area contributed by atoms with Crippen molar-refractivity contribution >= 4 is 50.1 Å². The molecule has 4 rings (SSSR count). The highest BCUT2D eigenvalue weighted by Gasteiger charge is 2.21. The van der Waals surface area contributed by atoms with Crippen molar-refractivity contribution in [3.8, 4) is 0 Å². The maximum absolute atomic E-state index is 11.6. The predicted molar refractivity (Wildman–Crippen MR) is 119 cm³/mol. The minimum absolute atomic E-state index is 0.0353. The van der Waals surface area contributed by atoms with Gasteiger partial charge in [-0.05, 0) is 44.3 Å². The van der Waals surface area contributed by atoms with Gasteiger partial charge in [-0.2, -0.15) is 0 Å². The molecule has 160 valence electrons. The molecule has 7 nitrogen and oxygen atoms in total. The zero-order valence-corrected chi connectivity index (χ0v) is 17.1. The number of nitrogens with two attached hydrogens (primary N) is 1. The van der Waals surface area contributed by atoms with Crippen LogP contribution in [0, 0.1) is 0 Å². The standard InChI is InChI=1S/C20H16O2.C4H8N2O3/c1-2-15(20(21)22)16-10-8-14-7-6-12-4-3-5-13-9-11-17(16)19(14)18(12)13;5-3(7)1-2-4(8)6-9/h3-11,15H,2H2,1H3,(H,21,22);9H,1-2H2,(H2,5,7)(H,6,8). The molecule has 5 N–H and O–H groups in total. The SMILES string of the molecule is CCC(C(=O)O)c1ccc2ccc3cccc4ccc1c2c34.NC(=O)CCC(=O)NO. The van der Waals surface area contributed by atoms with E-state index in [1.54, 1.807) is 0 Å². The minimum atomic E-state index is -0.752. The Balaban J connectivity index is 0.000000259. The van der Waals surface area contributed by atoms with Crippen molar-refractivity contribution in [3.05, 3.63) is 60.2 Å². The van der Waals surface area contributed by atoms with Crippen LogP contribution in [0.15, 0.2) is 54.6 Å². The Kier molecular flexibility index (Phi) is 6.67. The normalized spacial score (nSPS) is 11.8. The molecular weight excluding hydrogens is 396 g/mol. The molecule has 2 amide bonds. The molecule has 4 aromatic rings. The van der Waals surface area contributed by atoms with E-state index in [2.05, 4.69) is 48.5 Å². The maximum Gasteiger partial charge on any atom is 0.310 e. The van der Waals surface area contributed by atoms with Crippen LogP contribution in [-0.4, -0.2) is 28.1 Å². The van der Waals surface area contributed by atoms with Crippen molar-refractivity contribution in [1.29, 1.82) is 0 Å². The average molecular weight is 420 g/mol. The number of carbonyl (C=O) groups is 3. The number of carboxylic acids is 1. The van der Waals surface area contributed by atoms with Crippen LogP contribution in [0.1, 0.15) is 37.7 Å². The van der Waals surface area contributed by atoms with Crippen molar-refractivity contribution in [2.45, 2.75) is 32.1 Å². The Hall–Kier alpha value is -3.71. The summed E-state index contributed by atoms with van der Waals surface area (Å²) in [6, 6.07) is 18.7. The van der Waals surface area contributed by atoms with Gasteiger partial charge in [-0.25, -0.2) is 5.48 Å². The van der Waals surface area contributed by atoms with E-state index >= 15 is 0 Å². The van der Waals surface area contributed by atoms with Crippen LogP contribution in [0.4, 0.5) is 0 Å². The molecule has 1 atom stereocenters. The molecule has 31 heavy (non-hydrogen) atoms. The van der Waals surface area contributed by atoms with Gasteiger partial charge in [0.25, 0.3) is 0 Å². The number of carbonyl (C=O) groups excluding carboxylic acids is 2. The number of hydroxylamine groups is 1. The Morgan fingerprint density at radius 3 is 2.03 bits per heavy atom. The zero-order chi connectivity index (χ0) is 22.5. The topological polar surface area (TPSA) is 130 Å². The Morgan fingerprint density at radius 1 is 0.903 bits per heavy atom. The summed E-state index contributed by atoms with van der Waals surface area (Å²) in [6.07, 6.45) is 0.498. The summed E-state index contributed by atoms with van der Waals surface area (Å²) in [7, 11) is 0. The molecule has 4 aromatic carbocycles. The van der Waals surface area contributed by atoms with Gasteiger partial charge in [0.05, 0.1) is 5.92 Å². The van der Waals surface area contributed by atoms with Crippen molar-refractivity contribution in [3.63, 3.8) is 0 Å². The lowest BCUT2D eigenvalue weighted by Gasteiger charge is -2.17. The smallest absolute Gasteiger partial charge is 0.310 e. The molecule has 0 saturated carbocycles. The van der Waals surface area contributed by atoms with Crippen LogP contribution < -0.4 is 11.2 Å². The first-order valence-corrected chi connectivity index (χ1v) is 9.97. The van der Waals surface area contributed by atoms with Gasteiger partial charge < -0.3 is 10.8 Å². The first-order chi connectivity index (χ1) is 14.9. The second-order valence-electron chi connectivity index (χ2n) is 7.31. The molecule has 0 fully saturated rings. The summed E-state index contributed by atoms with van der Waals surface area (Å²) in [5.74, 6) is -2.37. The van der Waals surface area contributed by atoms with Crippen molar-refractivity contribution in [2.24, 2.45) is 5.73 Å². The van der Waals surface area contributed by atoms with E-state index in [-0.39, 0.29) is 12.8 Å². The van der Waals surface area contributed by atoms with Gasteiger partial charge in [-0.15, -0.1) is 0 Å². The maximum atomic E-state index is 11.6. The van der Waals surface area contributed by atoms with Crippen LogP contribution in [0.25, 0.3) is 32.3 Å². The van der Waals surface area contributed by atoms with E-state index < -0.39 is 23.7 Å². The summed E-state index contributed by atoms with van der Waals surface area (Å²) < 4.78 is 0. The predicted octanol–water partition coefficient (Wildman–Crippen LogP) is 3.92. The van der Waals surface area contributed by atoms with E-state index in [1.165, 1.54) is 32.4 Å². The van der Waals surface area contributed by atoms with Crippen LogP contribution in [-0.2, 0) is 14.4 Å². The monoisotopic (exact) mass is 420 g/mol. The van der Waals surface area contributed by atoms with Gasteiger partial charge in [0.1, 0.15) is 0 Å². The van der Waals surface area contributed by atoms with Crippen molar-refractivity contribution < 1.29 is 24.7 Å². The van der Waals surface area contributed by atoms with Gasteiger partial charge in [0.15, 0.2) is 0 Å². The van der Waals surface area contributed by atoms with Crippen molar-refractivity contribution in [1.82, 2.24) is 5.48 Å². The molecular formula is C24H24N2O5. The molecule has 0 aromatic heterocycles. The second-order valence-corrected chi connectivity index (χ2v) is 7.31. The summed E-state index contributed by atoms with van der Waals surface area (Å²) in [4.78, 5) is 31.7. The van der Waals surface area contributed by atoms with Crippen LogP contribution >= 0.6 is 0 Å². The van der Waals surface area contributed by atoms with E-state index in [1.807, 2.05) is 13.0 Å².